The molecule has 2 heteroatoms. The molecule has 4 rings (SSSR count). The molecule has 22 heavy (non-hydrogen) atoms. The van der Waals surface area contributed by atoms with Gasteiger partial charge in [0, 0.05) is 31.0 Å². The number of fused-ring (bicyclic) bond motifs is 3. The van der Waals surface area contributed by atoms with Crippen molar-refractivity contribution in [3.8, 4) is 0 Å². The van der Waals surface area contributed by atoms with Gasteiger partial charge in [0.2, 0.25) is 11.8 Å². The Morgan fingerprint density at radius 1 is 1.00 bits per heavy atom. The van der Waals surface area contributed by atoms with Gasteiger partial charge in [-0.2, -0.15) is 4.57 Å². The van der Waals surface area contributed by atoms with Gasteiger partial charge in [-0.25, -0.2) is 0 Å². The van der Waals surface area contributed by atoms with E-state index in [1.165, 1.54) is 16.3 Å². The number of hydrogen-bond acceptors (Lipinski definition) is 1. The summed E-state index contributed by atoms with van der Waals surface area (Å²) in [6.45, 7) is 2.06. The Morgan fingerprint density at radius 2 is 1.82 bits per heavy atom. The van der Waals surface area contributed by atoms with Crippen LogP contribution in [0.25, 0.3) is 10.8 Å². The monoisotopic (exact) mass is 288 g/mol. The molecule has 0 amide bonds. The van der Waals surface area contributed by atoms with Gasteiger partial charge in [-0.3, -0.25) is 4.79 Å². The van der Waals surface area contributed by atoms with Gasteiger partial charge in [0.15, 0.2) is 11.9 Å². The van der Waals surface area contributed by atoms with Crippen molar-refractivity contribution in [2.45, 2.75) is 25.8 Å². The second-order valence-corrected chi connectivity index (χ2v) is 5.98. The van der Waals surface area contributed by atoms with E-state index in [1.54, 1.807) is 0 Å². The van der Waals surface area contributed by atoms with E-state index in [4.69, 9.17) is 0 Å². The maximum absolute atomic E-state index is 13.0. The van der Waals surface area contributed by atoms with E-state index in [0.717, 1.165) is 24.1 Å². The Kier molecular flexibility index (Phi) is 3.04. The van der Waals surface area contributed by atoms with E-state index in [9.17, 15) is 4.79 Å². The molecule has 0 spiro atoms. The van der Waals surface area contributed by atoms with Crippen molar-refractivity contribution < 1.29 is 9.36 Å². The van der Waals surface area contributed by atoms with Crippen molar-refractivity contribution >= 4 is 16.6 Å². The molecule has 0 radical (unpaired) electrons. The number of hydrogen-bond donors (Lipinski definition) is 0. The highest BCUT2D eigenvalue weighted by Crippen LogP contribution is 2.31. The zero-order chi connectivity index (χ0) is 15.1. The van der Waals surface area contributed by atoms with Gasteiger partial charge in [0.1, 0.15) is 0 Å². The summed E-state index contributed by atoms with van der Waals surface area (Å²) in [7, 11) is 0. The topological polar surface area (TPSA) is 20.9 Å². The molecule has 0 bridgehead atoms. The Labute approximate surface area is 130 Å². The first kappa shape index (κ1) is 13.2. The van der Waals surface area contributed by atoms with Crippen LogP contribution >= 0.6 is 0 Å². The molecule has 2 nitrogen and oxygen atoms in total. The molecule has 1 aliphatic carbocycles. The number of pyridine rings is 1. The van der Waals surface area contributed by atoms with Gasteiger partial charge in [-0.05, 0) is 22.8 Å². The number of carbonyl (C=O) groups is 1. The van der Waals surface area contributed by atoms with Crippen molar-refractivity contribution in [2.75, 3.05) is 0 Å². The second-order valence-electron chi connectivity index (χ2n) is 5.98. The molecule has 0 saturated carbocycles. The third-order valence-corrected chi connectivity index (χ3v) is 4.71. The predicted molar refractivity (Wildman–Crippen MR) is 87.0 cm³/mol. The Bertz CT molecular complexity index is 882. The maximum atomic E-state index is 13.0. The van der Waals surface area contributed by atoms with Crippen molar-refractivity contribution in [1.82, 2.24) is 0 Å². The summed E-state index contributed by atoms with van der Waals surface area (Å²) in [5.74, 6) is 0.242. The molecule has 1 atom stereocenters. The minimum absolute atomic E-state index is 0.0742. The second kappa shape index (κ2) is 5.06. The van der Waals surface area contributed by atoms with Crippen LogP contribution in [0.2, 0.25) is 0 Å². The Hall–Kier alpha value is -2.48. The minimum Gasteiger partial charge on any atom is -0.287 e. The van der Waals surface area contributed by atoms with Crippen molar-refractivity contribution in [1.29, 1.82) is 0 Å². The number of aromatic nitrogens is 1. The molecular formula is C20H18NO+. The first-order valence-electron chi connectivity index (χ1n) is 7.77. The SMILES string of the molecule is Cc1cccc[n+]1C1CCc2c(ccc3ccccc23)C1=O. The number of aryl methyl sites for hydroxylation is 2. The molecule has 0 aliphatic heterocycles. The van der Waals surface area contributed by atoms with E-state index in [2.05, 4.69) is 41.8 Å². The lowest BCUT2D eigenvalue weighted by Gasteiger charge is -2.22. The van der Waals surface area contributed by atoms with Crippen LogP contribution in [-0.2, 0) is 6.42 Å². The lowest BCUT2D eigenvalue weighted by Crippen LogP contribution is -2.47. The molecule has 2 aromatic carbocycles. The number of benzene rings is 2. The third-order valence-electron chi connectivity index (χ3n) is 4.71. The van der Waals surface area contributed by atoms with E-state index in [1.807, 2.05) is 30.5 Å². The van der Waals surface area contributed by atoms with Crippen LogP contribution in [0, 0.1) is 6.92 Å². The number of rotatable bonds is 1. The Balaban J connectivity index is 1.84. The van der Waals surface area contributed by atoms with Crippen molar-refractivity contribution in [3.63, 3.8) is 0 Å². The van der Waals surface area contributed by atoms with Crippen LogP contribution in [0.4, 0.5) is 0 Å². The lowest BCUT2D eigenvalue weighted by molar-refractivity contribution is -0.714. The van der Waals surface area contributed by atoms with Gasteiger partial charge in [-0.15, -0.1) is 0 Å². The fraction of sp³-hybridized carbons (Fsp3) is 0.200. The average molecular weight is 288 g/mol. The number of carbonyl (C=O) groups excluding carboxylic acids is 1. The molecular weight excluding hydrogens is 270 g/mol. The van der Waals surface area contributed by atoms with E-state index in [-0.39, 0.29) is 11.8 Å². The van der Waals surface area contributed by atoms with Crippen LogP contribution in [-0.4, -0.2) is 5.78 Å². The highest BCUT2D eigenvalue weighted by molar-refractivity contribution is 6.05. The quantitative estimate of drug-likeness (QED) is 0.624. The van der Waals surface area contributed by atoms with Crippen molar-refractivity contribution in [3.05, 3.63) is 77.6 Å². The standard InChI is InChI=1S/C20H18NO/c1-14-6-4-5-13-21(14)19-12-11-17-16-8-3-2-7-15(16)9-10-18(17)20(19)22/h2-10,13,19H,11-12H2,1H3/q+1. The van der Waals surface area contributed by atoms with E-state index >= 15 is 0 Å². The molecule has 3 aromatic rings. The summed E-state index contributed by atoms with van der Waals surface area (Å²) >= 11 is 0. The van der Waals surface area contributed by atoms with Gasteiger partial charge >= 0.3 is 0 Å². The van der Waals surface area contributed by atoms with Crippen molar-refractivity contribution in [2.24, 2.45) is 0 Å². The van der Waals surface area contributed by atoms with Crippen LogP contribution in [0.15, 0.2) is 60.8 Å². The molecule has 1 unspecified atom stereocenters. The molecule has 108 valence electrons. The zero-order valence-electron chi connectivity index (χ0n) is 12.6. The lowest BCUT2D eigenvalue weighted by atomic mass is 9.84. The van der Waals surface area contributed by atoms with Crippen LogP contribution in [0.3, 0.4) is 0 Å². The first-order chi connectivity index (χ1) is 10.8. The highest BCUT2D eigenvalue weighted by Gasteiger charge is 2.35. The van der Waals surface area contributed by atoms with E-state index in [0.29, 0.717) is 0 Å². The van der Waals surface area contributed by atoms with Crippen LogP contribution < -0.4 is 4.57 Å². The van der Waals surface area contributed by atoms with E-state index < -0.39 is 0 Å². The normalized spacial score (nSPS) is 17.5. The Morgan fingerprint density at radius 3 is 2.68 bits per heavy atom. The number of Topliss-reactive ketones (excluding diaryl/α,β-unsaturated/α-hetero) is 1. The minimum atomic E-state index is -0.0742. The predicted octanol–water partition coefficient (Wildman–Crippen LogP) is 3.81. The van der Waals surface area contributed by atoms with Gasteiger partial charge in [0.05, 0.1) is 0 Å². The zero-order valence-corrected chi connectivity index (χ0v) is 12.6. The molecule has 1 heterocycles. The fourth-order valence-corrected chi connectivity index (χ4v) is 3.58. The highest BCUT2D eigenvalue weighted by atomic mass is 16.1. The van der Waals surface area contributed by atoms with Crippen LogP contribution in [0.1, 0.15) is 34.1 Å². The molecule has 0 fully saturated rings. The summed E-state index contributed by atoms with van der Waals surface area (Å²) in [5.41, 5.74) is 3.24. The smallest absolute Gasteiger partial charge is 0.230 e. The maximum Gasteiger partial charge on any atom is 0.230 e. The summed E-state index contributed by atoms with van der Waals surface area (Å²) in [6.07, 6.45) is 3.84. The number of ketones is 1. The van der Waals surface area contributed by atoms with Crippen LogP contribution in [0.5, 0.6) is 0 Å². The number of nitrogens with zero attached hydrogens (tertiary/aromatic N) is 1. The summed E-state index contributed by atoms with van der Waals surface area (Å²) in [6, 6.07) is 18.4. The van der Waals surface area contributed by atoms with Gasteiger partial charge < -0.3 is 0 Å². The summed E-state index contributed by atoms with van der Waals surface area (Å²) < 4.78 is 2.11. The molecule has 1 aliphatic rings. The average Bonchev–Trinajstić information content (AvgIpc) is 2.56. The molecule has 0 N–H and O–H groups in total. The summed E-state index contributed by atoms with van der Waals surface area (Å²) in [5, 5.41) is 2.44. The van der Waals surface area contributed by atoms with Gasteiger partial charge in [-0.1, -0.05) is 42.5 Å². The third kappa shape index (κ3) is 1.95. The summed E-state index contributed by atoms with van der Waals surface area (Å²) in [4.78, 5) is 13.0. The van der Waals surface area contributed by atoms with Gasteiger partial charge in [0.25, 0.3) is 0 Å². The molecule has 1 aromatic heterocycles. The fourth-order valence-electron chi connectivity index (χ4n) is 3.58. The largest absolute Gasteiger partial charge is 0.287 e. The first-order valence-corrected chi connectivity index (χ1v) is 7.77. The molecule has 0 saturated heterocycles.